The van der Waals surface area contributed by atoms with E-state index in [0.29, 0.717) is 35.8 Å². The summed E-state index contributed by atoms with van der Waals surface area (Å²) < 4.78 is 10.5. The summed E-state index contributed by atoms with van der Waals surface area (Å²) in [4.78, 5) is 26.5. The highest BCUT2D eigenvalue weighted by molar-refractivity contribution is 5.96. The van der Waals surface area contributed by atoms with Crippen molar-refractivity contribution in [2.24, 2.45) is 0 Å². The summed E-state index contributed by atoms with van der Waals surface area (Å²) in [6.07, 6.45) is 0.153. The molecular weight excluding hydrogens is 344 g/mol. The lowest BCUT2D eigenvalue weighted by atomic mass is 10.1. The van der Waals surface area contributed by atoms with E-state index in [1.807, 2.05) is 13.8 Å². The summed E-state index contributed by atoms with van der Waals surface area (Å²) in [7, 11) is 3.14. The van der Waals surface area contributed by atoms with Gasteiger partial charge in [0.05, 0.1) is 20.6 Å². The SMILES string of the molecule is CCN(CC)C(=O)c1ccc(NC(=O)Cc2cc(OC)ccc2OC)cc1. The van der Waals surface area contributed by atoms with E-state index in [1.165, 1.54) is 0 Å². The fourth-order valence-electron chi connectivity index (χ4n) is 2.79. The second kappa shape index (κ2) is 9.62. The molecule has 0 spiro atoms. The minimum atomic E-state index is -0.177. The highest BCUT2D eigenvalue weighted by Crippen LogP contribution is 2.24. The Kier molecular flexibility index (Phi) is 7.23. The molecule has 2 amide bonds. The monoisotopic (exact) mass is 370 g/mol. The number of carbonyl (C=O) groups is 2. The number of rotatable bonds is 8. The molecule has 0 bridgehead atoms. The van der Waals surface area contributed by atoms with Crippen LogP contribution < -0.4 is 14.8 Å². The summed E-state index contributed by atoms with van der Waals surface area (Å²) in [5, 5.41) is 2.84. The molecule has 1 N–H and O–H groups in total. The van der Waals surface area contributed by atoms with Crippen molar-refractivity contribution < 1.29 is 19.1 Å². The Bertz CT molecular complexity index is 783. The smallest absolute Gasteiger partial charge is 0.253 e. The second-order valence-corrected chi connectivity index (χ2v) is 5.96. The van der Waals surface area contributed by atoms with E-state index in [4.69, 9.17) is 9.47 Å². The van der Waals surface area contributed by atoms with Gasteiger partial charge in [-0.15, -0.1) is 0 Å². The summed E-state index contributed by atoms with van der Waals surface area (Å²) in [5.74, 6) is 1.10. The van der Waals surface area contributed by atoms with Gasteiger partial charge in [-0.25, -0.2) is 0 Å². The fraction of sp³-hybridized carbons (Fsp3) is 0.333. The Morgan fingerprint density at radius 3 is 2.19 bits per heavy atom. The van der Waals surface area contributed by atoms with Crippen LogP contribution in [0.2, 0.25) is 0 Å². The molecule has 0 fully saturated rings. The van der Waals surface area contributed by atoms with Crippen molar-refractivity contribution in [2.45, 2.75) is 20.3 Å². The van der Waals surface area contributed by atoms with E-state index in [-0.39, 0.29) is 18.2 Å². The predicted molar refractivity (Wildman–Crippen MR) is 106 cm³/mol. The highest BCUT2D eigenvalue weighted by atomic mass is 16.5. The molecule has 0 atom stereocenters. The molecule has 0 aliphatic carbocycles. The van der Waals surface area contributed by atoms with Gasteiger partial charge >= 0.3 is 0 Å². The van der Waals surface area contributed by atoms with Crippen LogP contribution in [0.15, 0.2) is 42.5 Å². The van der Waals surface area contributed by atoms with Crippen LogP contribution in [0.5, 0.6) is 11.5 Å². The van der Waals surface area contributed by atoms with Crippen LogP contribution in [-0.4, -0.2) is 44.0 Å². The largest absolute Gasteiger partial charge is 0.497 e. The molecule has 2 rings (SSSR count). The molecule has 2 aromatic rings. The average Bonchev–Trinajstić information content (AvgIpc) is 2.69. The maximum absolute atomic E-state index is 12.4. The molecular formula is C21H26N2O4. The van der Waals surface area contributed by atoms with Gasteiger partial charge in [-0.05, 0) is 56.3 Å². The number of nitrogens with one attached hydrogen (secondary N) is 1. The molecule has 0 aliphatic rings. The Morgan fingerprint density at radius 1 is 0.963 bits per heavy atom. The Labute approximate surface area is 160 Å². The Morgan fingerprint density at radius 2 is 1.63 bits per heavy atom. The number of benzene rings is 2. The van der Waals surface area contributed by atoms with Crippen LogP contribution in [0, 0.1) is 0 Å². The number of methoxy groups -OCH3 is 2. The van der Waals surface area contributed by atoms with E-state index in [1.54, 1.807) is 61.6 Å². The van der Waals surface area contributed by atoms with Gasteiger partial charge in [0.1, 0.15) is 11.5 Å². The van der Waals surface area contributed by atoms with Crippen LogP contribution in [0.3, 0.4) is 0 Å². The molecule has 0 aromatic heterocycles. The fourth-order valence-corrected chi connectivity index (χ4v) is 2.79. The first kappa shape index (κ1) is 20.3. The normalized spacial score (nSPS) is 10.2. The van der Waals surface area contributed by atoms with Gasteiger partial charge in [0.15, 0.2) is 0 Å². The first-order chi connectivity index (χ1) is 13.0. The Hall–Kier alpha value is -3.02. The Balaban J connectivity index is 2.05. The van der Waals surface area contributed by atoms with Gasteiger partial charge in [-0.3, -0.25) is 9.59 Å². The van der Waals surface area contributed by atoms with Crippen LogP contribution in [0.25, 0.3) is 0 Å². The van der Waals surface area contributed by atoms with Gasteiger partial charge in [0.25, 0.3) is 5.91 Å². The molecule has 144 valence electrons. The van der Waals surface area contributed by atoms with Gasteiger partial charge in [-0.2, -0.15) is 0 Å². The minimum Gasteiger partial charge on any atom is -0.497 e. The minimum absolute atomic E-state index is 0.0148. The van der Waals surface area contributed by atoms with Gasteiger partial charge in [-0.1, -0.05) is 0 Å². The van der Waals surface area contributed by atoms with E-state index in [9.17, 15) is 9.59 Å². The summed E-state index contributed by atoms with van der Waals surface area (Å²) in [6.45, 7) is 5.22. The van der Waals surface area contributed by atoms with Gasteiger partial charge in [0.2, 0.25) is 5.91 Å². The van der Waals surface area contributed by atoms with Crippen molar-refractivity contribution >= 4 is 17.5 Å². The topological polar surface area (TPSA) is 67.9 Å². The zero-order chi connectivity index (χ0) is 19.8. The third-order valence-electron chi connectivity index (χ3n) is 4.30. The number of carbonyl (C=O) groups excluding carboxylic acids is 2. The maximum atomic E-state index is 12.4. The summed E-state index contributed by atoms with van der Waals surface area (Å²) in [6, 6.07) is 12.3. The van der Waals surface area contributed by atoms with Crippen LogP contribution in [0.4, 0.5) is 5.69 Å². The first-order valence-electron chi connectivity index (χ1n) is 8.92. The van der Waals surface area contributed by atoms with Crippen LogP contribution in [-0.2, 0) is 11.2 Å². The number of anilines is 1. The standard InChI is InChI=1S/C21H26N2O4/c1-5-23(6-2)21(25)15-7-9-17(10-8-15)22-20(24)14-16-13-18(26-3)11-12-19(16)27-4/h7-13H,5-6,14H2,1-4H3,(H,22,24). The van der Waals surface area contributed by atoms with Gasteiger partial charge in [0, 0.05) is 29.9 Å². The second-order valence-electron chi connectivity index (χ2n) is 5.96. The zero-order valence-corrected chi connectivity index (χ0v) is 16.2. The van der Waals surface area contributed by atoms with Crippen LogP contribution in [0.1, 0.15) is 29.8 Å². The predicted octanol–water partition coefficient (Wildman–Crippen LogP) is 3.37. The summed E-state index contributed by atoms with van der Waals surface area (Å²) in [5.41, 5.74) is 1.98. The molecule has 0 radical (unpaired) electrons. The lowest BCUT2D eigenvalue weighted by molar-refractivity contribution is -0.115. The van der Waals surface area contributed by atoms with Crippen molar-refractivity contribution in [2.75, 3.05) is 32.6 Å². The van der Waals surface area contributed by atoms with Crippen molar-refractivity contribution in [3.63, 3.8) is 0 Å². The van der Waals surface area contributed by atoms with Crippen molar-refractivity contribution in [1.82, 2.24) is 4.90 Å². The van der Waals surface area contributed by atoms with E-state index in [2.05, 4.69) is 5.32 Å². The lowest BCUT2D eigenvalue weighted by Gasteiger charge is -2.18. The summed E-state index contributed by atoms with van der Waals surface area (Å²) >= 11 is 0. The van der Waals surface area contributed by atoms with E-state index in [0.717, 1.165) is 5.56 Å². The molecule has 0 saturated heterocycles. The number of amides is 2. The lowest BCUT2D eigenvalue weighted by Crippen LogP contribution is -2.30. The van der Waals surface area contributed by atoms with Crippen molar-refractivity contribution in [3.8, 4) is 11.5 Å². The molecule has 0 aliphatic heterocycles. The maximum Gasteiger partial charge on any atom is 0.253 e. The van der Waals surface area contributed by atoms with E-state index >= 15 is 0 Å². The van der Waals surface area contributed by atoms with E-state index < -0.39 is 0 Å². The molecule has 27 heavy (non-hydrogen) atoms. The van der Waals surface area contributed by atoms with Crippen molar-refractivity contribution in [3.05, 3.63) is 53.6 Å². The third-order valence-corrected chi connectivity index (χ3v) is 4.30. The molecule has 6 heteroatoms. The number of ether oxygens (including phenoxy) is 2. The zero-order valence-electron chi connectivity index (χ0n) is 16.2. The average molecular weight is 370 g/mol. The molecule has 0 unspecified atom stereocenters. The first-order valence-corrected chi connectivity index (χ1v) is 8.92. The third kappa shape index (κ3) is 5.23. The quantitative estimate of drug-likeness (QED) is 0.774. The number of hydrogen-bond donors (Lipinski definition) is 1. The highest BCUT2D eigenvalue weighted by Gasteiger charge is 2.13. The molecule has 2 aromatic carbocycles. The van der Waals surface area contributed by atoms with Crippen molar-refractivity contribution in [1.29, 1.82) is 0 Å². The molecule has 6 nitrogen and oxygen atoms in total. The molecule has 0 heterocycles. The number of hydrogen-bond acceptors (Lipinski definition) is 4. The van der Waals surface area contributed by atoms with Crippen LogP contribution >= 0.6 is 0 Å². The molecule has 0 saturated carbocycles. The van der Waals surface area contributed by atoms with Gasteiger partial charge < -0.3 is 19.7 Å². The number of nitrogens with zero attached hydrogens (tertiary/aromatic N) is 1.